The van der Waals surface area contributed by atoms with Crippen LogP contribution in [0.5, 0.6) is 0 Å². The second-order valence-electron chi connectivity index (χ2n) is 9.01. The Labute approximate surface area is 222 Å². The molecule has 0 fully saturated rings. The minimum Gasteiger partial charge on any atom is -0.298 e. The quantitative estimate of drug-likeness (QED) is 0.187. The standard InChI is InChI=1S/C28H25N7O4/c1-19(22-13-15-23(16-14-22)35(38)39)30-31-27-29-25-24(33(27)17-20-9-5-3-6-10-20)26(36)34(28(37)32(25)2)18-21-11-7-4-8-12-21/h3-16H,17-18H2,1-2H3,(H,29,31). The molecule has 0 spiro atoms. The minimum absolute atomic E-state index is 0.0168. The van der Waals surface area contributed by atoms with Crippen molar-refractivity contribution in [3.8, 4) is 0 Å². The van der Waals surface area contributed by atoms with Crippen LogP contribution in [0.15, 0.2) is 99.6 Å². The van der Waals surface area contributed by atoms with Gasteiger partial charge >= 0.3 is 5.69 Å². The highest BCUT2D eigenvalue weighted by Gasteiger charge is 2.21. The number of non-ortho nitro benzene ring substituents is 1. The van der Waals surface area contributed by atoms with Gasteiger partial charge in [-0.25, -0.2) is 10.2 Å². The van der Waals surface area contributed by atoms with E-state index in [1.165, 1.54) is 21.3 Å². The average molecular weight is 524 g/mol. The summed E-state index contributed by atoms with van der Waals surface area (Å²) >= 11 is 0. The Morgan fingerprint density at radius 1 is 0.897 bits per heavy atom. The number of rotatable bonds is 8. The van der Waals surface area contributed by atoms with Crippen LogP contribution in [0.2, 0.25) is 0 Å². The molecule has 0 saturated heterocycles. The van der Waals surface area contributed by atoms with Crippen LogP contribution in [0.1, 0.15) is 23.6 Å². The minimum atomic E-state index is -0.474. The van der Waals surface area contributed by atoms with Crippen LogP contribution in [-0.2, 0) is 20.1 Å². The molecule has 5 rings (SSSR count). The molecule has 196 valence electrons. The van der Waals surface area contributed by atoms with E-state index in [0.29, 0.717) is 17.8 Å². The van der Waals surface area contributed by atoms with Crippen LogP contribution in [-0.4, -0.2) is 29.3 Å². The monoisotopic (exact) mass is 523 g/mol. The summed E-state index contributed by atoms with van der Waals surface area (Å²) in [6, 6.07) is 24.9. The van der Waals surface area contributed by atoms with Crippen LogP contribution in [0.3, 0.4) is 0 Å². The molecule has 0 aliphatic heterocycles. The lowest BCUT2D eigenvalue weighted by Gasteiger charge is -2.11. The first-order chi connectivity index (χ1) is 18.8. The van der Waals surface area contributed by atoms with E-state index in [-0.39, 0.29) is 29.3 Å². The van der Waals surface area contributed by atoms with E-state index >= 15 is 0 Å². The van der Waals surface area contributed by atoms with Gasteiger partial charge in [-0.3, -0.25) is 28.6 Å². The van der Waals surface area contributed by atoms with Crippen molar-refractivity contribution >= 4 is 28.5 Å². The zero-order valence-electron chi connectivity index (χ0n) is 21.3. The summed E-state index contributed by atoms with van der Waals surface area (Å²) in [6.07, 6.45) is 0. The van der Waals surface area contributed by atoms with E-state index in [4.69, 9.17) is 0 Å². The lowest BCUT2D eigenvalue weighted by Crippen LogP contribution is -2.40. The fraction of sp³-hybridized carbons (Fsp3) is 0.143. The van der Waals surface area contributed by atoms with Crippen molar-refractivity contribution in [2.75, 3.05) is 5.43 Å². The Bertz CT molecular complexity index is 1800. The van der Waals surface area contributed by atoms with Crippen molar-refractivity contribution in [1.82, 2.24) is 18.7 Å². The summed E-state index contributed by atoms with van der Waals surface area (Å²) in [6.45, 7) is 2.18. The van der Waals surface area contributed by atoms with Gasteiger partial charge in [-0.1, -0.05) is 60.7 Å². The first-order valence-corrected chi connectivity index (χ1v) is 12.2. The Kier molecular flexibility index (Phi) is 6.87. The molecule has 0 aliphatic rings. The van der Waals surface area contributed by atoms with E-state index < -0.39 is 16.2 Å². The fourth-order valence-corrected chi connectivity index (χ4v) is 4.31. The molecule has 11 heteroatoms. The molecule has 2 aromatic heterocycles. The highest BCUT2D eigenvalue weighted by atomic mass is 16.6. The summed E-state index contributed by atoms with van der Waals surface area (Å²) in [4.78, 5) is 42.0. The van der Waals surface area contributed by atoms with Crippen molar-refractivity contribution in [3.63, 3.8) is 0 Å². The van der Waals surface area contributed by atoms with Gasteiger partial charge in [0.15, 0.2) is 11.2 Å². The number of hydrogen-bond acceptors (Lipinski definition) is 7. The Morgan fingerprint density at radius 2 is 1.46 bits per heavy atom. The van der Waals surface area contributed by atoms with Crippen LogP contribution in [0.4, 0.5) is 11.6 Å². The average Bonchev–Trinajstić information content (AvgIpc) is 3.32. The highest BCUT2D eigenvalue weighted by molar-refractivity contribution is 5.99. The number of aromatic nitrogens is 4. The van der Waals surface area contributed by atoms with Crippen molar-refractivity contribution in [2.24, 2.45) is 12.1 Å². The number of hydrogen-bond donors (Lipinski definition) is 1. The largest absolute Gasteiger partial charge is 0.332 e. The molecular weight excluding hydrogens is 498 g/mol. The third kappa shape index (κ3) is 5.10. The normalized spacial score (nSPS) is 11.6. The molecule has 0 radical (unpaired) electrons. The maximum absolute atomic E-state index is 13.7. The Balaban J connectivity index is 1.61. The summed E-state index contributed by atoms with van der Waals surface area (Å²) in [5.74, 6) is 0.277. The summed E-state index contributed by atoms with van der Waals surface area (Å²) in [5, 5.41) is 15.4. The molecule has 0 saturated carbocycles. The van der Waals surface area contributed by atoms with E-state index in [2.05, 4.69) is 15.5 Å². The number of hydrazone groups is 1. The van der Waals surface area contributed by atoms with Gasteiger partial charge in [-0.05, 0) is 35.7 Å². The Morgan fingerprint density at radius 3 is 2.03 bits per heavy atom. The summed E-state index contributed by atoms with van der Waals surface area (Å²) < 4.78 is 4.27. The van der Waals surface area contributed by atoms with Crippen LogP contribution >= 0.6 is 0 Å². The van der Waals surface area contributed by atoms with Gasteiger partial charge in [-0.15, -0.1) is 0 Å². The van der Waals surface area contributed by atoms with E-state index in [1.54, 1.807) is 30.7 Å². The molecule has 2 heterocycles. The van der Waals surface area contributed by atoms with Crippen molar-refractivity contribution < 1.29 is 4.92 Å². The molecule has 0 aliphatic carbocycles. The lowest BCUT2D eigenvalue weighted by molar-refractivity contribution is -0.384. The van der Waals surface area contributed by atoms with Crippen molar-refractivity contribution in [3.05, 3.63) is 133 Å². The number of nitrogens with zero attached hydrogens (tertiary/aromatic N) is 6. The number of imidazole rings is 1. The fourth-order valence-electron chi connectivity index (χ4n) is 4.31. The molecule has 11 nitrogen and oxygen atoms in total. The predicted octanol–water partition coefficient (Wildman–Crippen LogP) is 3.74. The smallest absolute Gasteiger partial charge is 0.298 e. The molecular formula is C28H25N7O4. The van der Waals surface area contributed by atoms with Crippen LogP contribution in [0, 0.1) is 10.1 Å². The maximum Gasteiger partial charge on any atom is 0.332 e. The Hall–Kier alpha value is -5.32. The van der Waals surface area contributed by atoms with Gasteiger partial charge in [0.25, 0.3) is 11.2 Å². The van der Waals surface area contributed by atoms with Crippen LogP contribution < -0.4 is 16.7 Å². The highest BCUT2D eigenvalue weighted by Crippen LogP contribution is 2.19. The number of anilines is 1. The van der Waals surface area contributed by atoms with E-state index in [9.17, 15) is 19.7 Å². The molecule has 0 bridgehead atoms. The van der Waals surface area contributed by atoms with Crippen LogP contribution in [0.25, 0.3) is 11.2 Å². The molecule has 39 heavy (non-hydrogen) atoms. The zero-order valence-corrected chi connectivity index (χ0v) is 21.3. The second kappa shape index (κ2) is 10.6. The third-order valence-electron chi connectivity index (χ3n) is 6.42. The van der Waals surface area contributed by atoms with Crippen molar-refractivity contribution in [2.45, 2.75) is 20.0 Å². The summed E-state index contributed by atoms with van der Waals surface area (Å²) in [7, 11) is 1.58. The number of aryl methyl sites for hydroxylation is 1. The first-order valence-electron chi connectivity index (χ1n) is 12.2. The molecule has 0 unspecified atom stereocenters. The van der Waals surface area contributed by atoms with E-state index in [1.807, 2.05) is 60.7 Å². The van der Waals surface area contributed by atoms with Gasteiger partial charge < -0.3 is 0 Å². The van der Waals surface area contributed by atoms with E-state index in [0.717, 1.165) is 11.1 Å². The maximum atomic E-state index is 13.7. The zero-order chi connectivity index (χ0) is 27.5. The molecule has 3 aromatic carbocycles. The number of nitro groups is 1. The topological polar surface area (TPSA) is 129 Å². The van der Waals surface area contributed by atoms with Gasteiger partial charge in [0, 0.05) is 19.2 Å². The lowest BCUT2D eigenvalue weighted by atomic mass is 10.1. The number of nitro benzene ring substituents is 1. The van der Waals surface area contributed by atoms with Gasteiger partial charge in [0.2, 0.25) is 5.95 Å². The second-order valence-corrected chi connectivity index (χ2v) is 9.01. The SMILES string of the molecule is CC(=NNc1nc2c(c(=O)n(Cc3ccccc3)c(=O)n2C)n1Cc1ccccc1)c1ccc([N+](=O)[O-])cc1. The molecule has 0 amide bonds. The molecule has 5 aromatic rings. The van der Waals surface area contributed by atoms with Gasteiger partial charge in [0.05, 0.1) is 23.7 Å². The number of nitrogens with one attached hydrogen (secondary N) is 1. The van der Waals surface area contributed by atoms with Gasteiger partial charge in [0.1, 0.15) is 0 Å². The molecule has 0 atom stereocenters. The molecule has 1 N–H and O–H groups in total. The number of fused-ring (bicyclic) bond motifs is 1. The first kappa shape index (κ1) is 25.3. The summed E-state index contributed by atoms with van der Waals surface area (Å²) in [5.41, 5.74) is 5.48. The third-order valence-corrected chi connectivity index (χ3v) is 6.42. The van der Waals surface area contributed by atoms with Gasteiger partial charge in [-0.2, -0.15) is 10.1 Å². The van der Waals surface area contributed by atoms with Crippen molar-refractivity contribution in [1.29, 1.82) is 0 Å². The predicted molar refractivity (Wildman–Crippen MR) is 149 cm³/mol. The number of benzene rings is 3.